The number of esters is 1. The van der Waals surface area contributed by atoms with E-state index in [0.717, 1.165) is 42.1 Å². The van der Waals surface area contributed by atoms with Crippen LogP contribution in [-0.4, -0.2) is 66.5 Å². The van der Waals surface area contributed by atoms with Crippen LogP contribution in [0.1, 0.15) is 27.7 Å². The van der Waals surface area contributed by atoms with Crippen LogP contribution >= 0.6 is 11.6 Å². The third kappa shape index (κ3) is 5.54. The second-order valence-corrected chi connectivity index (χ2v) is 9.57. The number of hydrogen-bond donors (Lipinski definition) is 2. The van der Waals surface area contributed by atoms with Crippen molar-refractivity contribution in [2.24, 2.45) is 0 Å². The van der Waals surface area contributed by atoms with Crippen LogP contribution in [0.2, 0.25) is 5.02 Å². The van der Waals surface area contributed by atoms with Crippen LogP contribution in [0.4, 0.5) is 5.69 Å². The molecule has 0 saturated carbocycles. The number of benzene rings is 3. The van der Waals surface area contributed by atoms with E-state index in [1.807, 2.05) is 42.5 Å². The number of H-pyrrole nitrogens is 1. The fraction of sp³-hybridized carbons (Fsp3) is 0.241. The molecule has 1 atom stereocenters. The minimum atomic E-state index is -0.519. The smallest absolute Gasteiger partial charge is 0.356 e. The number of para-hydroxylation sites is 1. The summed E-state index contributed by atoms with van der Waals surface area (Å²) in [5.74, 6) is -0.685. The van der Waals surface area contributed by atoms with Crippen molar-refractivity contribution in [2.75, 3.05) is 45.2 Å². The Bertz CT molecular complexity index is 1380. The zero-order chi connectivity index (χ0) is 25.8. The number of carbonyl (C=O) groups is 2. The Morgan fingerprint density at radius 1 is 0.919 bits per heavy atom. The fourth-order valence-corrected chi connectivity index (χ4v) is 5.11. The van der Waals surface area contributed by atoms with Crippen LogP contribution in [0.25, 0.3) is 10.9 Å². The lowest BCUT2D eigenvalue weighted by Crippen LogP contribution is -2.49. The lowest BCUT2D eigenvalue weighted by Gasteiger charge is -2.39. The number of methoxy groups -OCH3 is 1. The van der Waals surface area contributed by atoms with Crippen molar-refractivity contribution in [2.45, 2.75) is 6.04 Å². The first-order valence-electron chi connectivity index (χ1n) is 12.3. The number of nitrogens with zero attached hydrogens (tertiary/aromatic N) is 2. The zero-order valence-corrected chi connectivity index (χ0v) is 21.4. The van der Waals surface area contributed by atoms with Gasteiger partial charge in [-0.15, -0.1) is 0 Å². The summed E-state index contributed by atoms with van der Waals surface area (Å²) in [5.41, 5.74) is 3.89. The highest BCUT2D eigenvalue weighted by atomic mass is 35.5. The van der Waals surface area contributed by atoms with Crippen LogP contribution < -0.4 is 5.32 Å². The van der Waals surface area contributed by atoms with E-state index in [-0.39, 0.29) is 24.2 Å². The quantitative estimate of drug-likeness (QED) is 0.340. The van der Waals surface area contributed by atoms with Crippen LogP contribution in [0, 0.1) is 0 Å². The molecule has 3 aromatic carbocycles. The van der Waals surface area contributed by atoms with Crippen LogP contribution in [0.5, 0.6) is 0 Å². The van der Waals surface area contributed by atoms with Crippen molar-refractivity contribution < 1.29 is 14.3 Å². The Labute approximate surface area is 221 Å². The van der Waals surface area contributed by atoms with Gasteiger partial charge in [0.05, 0.1) is 25.4 Å². The first kappa shape index (κ1) is 25.0. The molecule has 1 aliphatic heterocycles. The van der Waals surface area contributed by atoms with E-state index in [1.54, 1.807) is 0 Å². The number of fused-ring (bicyclic) bond motifs is 1. The standard InChI is InChI=1S/C29H29ClN4O3/c1-37-29(36)27-26(23-9-5-6-10-24(23)31-27)32-25(35)19-33-15-17-34(18-16-33)28(20-7-3-2-4-8-20)21-11-13-22(30)14-12-21/h2-14,28,31H,15-19H2,1H3,(H,32,35)/t28-/m1/s1. The Balaban J connectivity index is 1.26. The topological polar surface area (TPSA) is 77.7 Å². The Morgan fingerprint density at radius 2 is 1.57 bits per heavy atom. The van der Waals surface area contributed by atoms with Gasteiger partial charge in [0.25, 0.3) is 0 Å². The first-order valence-corrected chi connectivity index (χ1v) is 12.7. The van der Waals surface area contributed by atoms with Gasteiger partial charge in [-0.05, 0) is 29.3 Å². The summed E-state index contributed by atoms with van der Waals surface area (Å²) in [5, 5.41) is 4.44. The van der Waals surface area contributed by atoms with Crippen LogP contribution in [0.3, 0.4) is 0 Å². The molecule has 1 fully saturated rings. The van der Waals surface area contributed by atoms with Gasteiger partial charge in [0.15, 0.2) is 0 Å². The van der Waals surface area contributed by atoms with E-state index >= 15 is 0 Å². The van der Waals surface area contributed by atoms with Gasteiger partial charge in [-0.25, -0.2) is 4.79 Å². The number of anilines is 1. The lowest BCUT2D eigenvalue weighted by atomic mass is 9.96. The van der Waals surface area contributed by atoms with E-state index in [1.165, 1.54) is 18.2 Å². The molecule has 0 spiro atoms. The number of aromatic amines is 1. The summed E-state index contributed by atoms with van der Waals surface area (Å²) >= 11 is 6.15. The highest BCUT2D eigenvalue weighted by Gasteiger charge is 2.28. The predicted octanol–water partition coefficient (Wildman–Crippen LogP) is 4.95. The van der Waals surface area contributed by atoms with Gasteiger partial charge in [-0.3, -0.25) is 14.6 Å². The molecule has 37 heavy (non-hydrogen) atoms. The minimum absolute atomic E-state index is 0.114. The van der Waals surface area contributed by atoms with E-state index in [9.17, 15) is 9.59 Å². The maximum absolute atomic E-state index is 13.0. The van der Waals surface area contributed by atoms with Gasteiger partial charge < -0.3 is 15.0 Å². The fourth-order valence-electron chi connectivity index (χ4n) is 4.98. The van der Waals surface area contributed by atoms with Crippen molar-refractivity contribution in [1.29, 1.82) is 0 Å². The summed E-state index contributed by atoms with van der Waals surface area (Å²) in [6, 6.07) is 26.1. The molecule has 5 rings (SSSR count). The molecule has 1 aliphatic rings. The number of halogens is 1. The summed E-state index contributed by atoms with van der Waals surface area (Å²) in [7, 11) is 1.33. The third-order valence-electron chi connectivity index (χ3n) is 6.80. The summed E-state index contributed by atoms with van der Waals surface area (Å²) in [6.07, 6.45) is 0. The molecule has 2 N–H and O–H groups in total. The molecule has 0 radical (unpaired) electrons. The van der Waals surface area contributed by atoms with Gasteiger partial charge in [0.2, 0.25) is 5.91 Å². The molecule has 8 heteroatoms. The monoisotopic (exact) mass is 516 g/mol. The van der Waals surface area contributed by atoms with Gasteiger partial charge in [0.1, 0.15) is 5.69 Å². The van der Waals surface area contributed by atoms with Crippen molar-refractivity contribution >= 4 is 40.1 Å². The number of piperazine rings is 1. The zero-order valence-electron chi connectivity index (χ0n) is 20.6. The number of ether oxygens (including phenoxy) is 1. The Kier molecular flexibility index (Phi) is 7.55. The molecule has 4 aromatic rings. The van der Waals surface area contributed by atoms with E-state index in [0.29, 0.717) is 5.69 Å². The average Bonchev–Trinajstić information content (AvgIpc) is 3.29. The maximum Gasteiger partial charge on any atom is 0.356 e. The van der Waals surface area contributed by atoms with E-state index < -0.39 is 5.97 Å². The molecule has 0 unspecified atom stereocenters. The molecule has 7 nitrogen and oxygen atoms in total. The number of nitrogens with one attached hydrogen (secondary N) is 2. The van der Waals surface area contributed by atoms with Gasteiger partial charge >= 0.3 is 5.97 Å². The van der Waals surface area contributed by atoms with Crippen molar-refractivity contribution in [3.05, 3.63) is 101 Å². The molecule has 190 valence electrons. The number of rotatable bonds is 7. The summed E-state index contributed by atoms with van der Waals surface area (Å²) < 4.78 is 4.91. The van der Waals surface area contributed by atoms with Crippen molar-refractivity contribution in [1.82, 2.24) is 14.8 Å². The Morgan fingerprint density at radius 3 is 2.27 bits per heavy atom. The number of hydrogen-bond acceptors (Lipinski definition) is 5. The summed E-state index contributed by atoms with van der Waals surface area (Å²) in [6.45, 7) is 3.38. The maximum atomic E-state index is 13.0. The minimum Gasteiger partial charge on any atom is -0.464 e. The first-order chi connectivity index (χ1) is 18.0. The van der Waals surface area contributed by atoms with Crippen LogP contribution in [-0.2, 0) is 9.53 Å². The third-order valence-corrected chi connectivity index (χ3v) is 7.05. The summed E-state index contributed by atoms with van der Waals surface area (Å²) in [4.78, 5) is 33.0. The van der Waals surface area contributed by atoms with E-state index in [4.69, 9.17) is 16.3 Å². The molecule has 2 heterocycles. The molecular formula is C29H29ClN4O3. The molecule has 0 bridgehead atoms. The van der Waals surface area contributed by atoms with Gasteiger partial charge in [-0.1, -0.05) is 72.3 Å². The van der Waals surface area contributed by atoms with Crippen molar-refractivity contribution in [3.8, 4) is 0 Å². The Hall–Kier alpha value is -3.65. The lowest BCUT2D eigenvalue weighted by molar-refractivity contribution is -0.117. The molecular weight excluding hydrogens is 488 g/mol. The van der Waals surface area contributed by atoms with Gasteiger partial charge in [-0.2, -0.15) is 0 Å². The highest BCUT2D eigenvalue weighted by molar-refractivity contribution is 6.30. The average molecular weight is 517 g/mol. The number of amides is 1. The molecule has 1 saturated heterocycles. The van der Waals surface area contributed by atoms with Crippen molar-refractivity contribution in [3.63, 3.8) is 0 Å². The molecule has 1 amide bonds. The highest BCUT2D eigenvalue weighted by Crippen LogP contribution is 2.31. The second kappa shape index (κ2) is 11.2. The second-order valence-electron chi connectivity index (χ2n) is 9.14. The number of carbonyl (C=O) groups excluding carboxylic acids is 2. The normalized spacial score (nSPS) is 15.4. The number of aromatic nitrogens is 1. The van der Waals surface area contributed by atoms with Gasteiger partial charge in [0, 0.05) is 42.1 Å². The SMILES string of the molecule is COC(=O)c1[nH]c2ccccc2c1NC(=O)CN1CCN([C@H](c2ccccc2)c2ccc(Cl)cc2)CC1. The largest absolute Gasteiger partial charge is 0.464 e. The predicted molar refractivity (Wildman–Crippen MR) is 146 cm³/mol. The molecule has 1 aromatic heterocycles. The molecule has 0 aliphatic carbocycles. The van der Waals surface area contributed by atoms with Crippen LogP contribution in [0.15, 0.2) is 78.9 Å². The van der Waals surface area contributed by atoms with E-state index in [2.05, 4.69) is 56.5 Å².